The fourth-order valence-corrected chi connectivity index (χ4v) is 1.36. The summed E-state index contributed by atoms with van der Waals surface area (Å²) in [6.07, 6.45) is 5.09. The summed E-state index contributed by atoms with van der Waals surface area (Å²) in [5.74, 6) is -0.317. The van der Waals surface area contributed by atoms with Crippen LogP contribution in [0.2, 0.25) is 0 Å². The quantitative estimate of drug-likeness (QED) is 0.662. The topological polar surface area (TPSA) is 37.3 Å². The van der Waals surface area contributed by atoms with Gasteiger partial charge >= 0.3 is 5.97 Å². The Labute approximate surface area is 86.3 Å². The minimum absolute atomic E-state index is 0.153. The van der Waals surface area contributed by atoms with E-state index in [-0.39, 0.29) is 18.3 Å². The highest BCUT2D eigenvalue weighted by Gasteiger charge is 2.15. The van der Waals surface area contributed by atoms with Gasteiger partial charge in [-0.1, -0.05) is 24.6 Å². The predicted molar refractivity (Wildman–Crippen MR) is 59.2 cm³/mol. The van der Waals surface area contributed by atoms with Crippen molar-refractivity contribution in [1.82, 2.24) is 0 Å². The molecule has 0 fully saturated rings. The lowest BCUT2D eigenvalue weighted by atomic mass is 9.88. The van der Waals surface area contributed by atoms with Crippen molar-refractivity contribution in [2.75, 3.05) is 0 Å². The van der Waals surface area contributed by atoms with Gasteiger partial charge in [0.2, 0.25) is 0 Å². The summed E-state index contributed by atoms with van der Waals surface area (Å²) in [7, 11) is 0. The standard InChI is InChI=1S/C12H20O2/c1-5-11(7-6-9(2)3)10(4)8-12(13)14/h5-6,10-11H,1,7-8H2,2-4H3,(H,13,14). The van der Waals surface area contributed by atoms with Gasteiger partial charge in [0.25, 0.3) is 0 Å². The van der Waals surface area contributed by atoms with E-state index in [0.29, 0.717) is 0 Å². The van der Waals surface area contributed by atoms with Crippen molar-refractivity contribution in [2.45, 2.75) is 33.6 Å². The molecule has 0 bridgehead atoms. The van der Waals surface area contributed by atoms with Gasteiger partial charge < -0.3 is 5.11 Å². The van der Waals surface area contributed by atoms with Crippen LogP contribution in [0, 0.1) is 11.8 Å². The van der Waals surface area contributed by atoms with Crippen molar-refractivity contribution in [3.8, 4) is 0 Å². The summed E-state index contributed by atoms with van der Waals surface area (Å²) < 4.78 is 0. The van der Waals surface area contributed by atoms with Gasteiger partial charge in [0, 0.05) is 6.42 Å². The fourth-order valence-electron chi connectivity index (χ4n) is 1.36. The van der Waals surface area contributed by atoms with Crippen molar-refractivity contribution in [2.24, 2.45) is 11.8 Å². The number of carboxylic acid groups (broad SMARTS) is 1. The third-order valence-electron chi connectivity index (χ3n) is 2.33. The molecule has 0 aliphatic carbocycles. The maximum atomic E-state index is 10.5. The van der Waals surface area contributed by atoms with Crippen LogP contribution in [0.4, 0.5) is 0 Å². The van der Waals surface area contributed by atoms with Gasteiger partial charge in [-0.05, 0) is 32.1 Å². The number of carboxylic acids is 1. The molecule has 0 aliphatic heterocycles. The molecule has 2 heteroatoms. The molecule has 0 saturated carbocycles. The molecule has 0 aromatic carbocycles. The number of hydrogen-bond acceptors (Lipinski definition) is 1. The Hall–Kier alpha value is -1.05. The summed E-state index contributed by atoms with van der Waals surface area (Å²) in [4.78, 5) is 10.5. The molecule has 0 saturated heterocycles. The summed E-state index contributed by atoms with van der Waals surface area (Å²) in [5, 5.41) is 8.66. The number of hydrogen-bond donors (Lipinski definition) is 1. The number of aliphatic carboxylic acids is 1. The molecular weight excluding hydrogens is 176 g/mol. The highest BCUT2D eigenvalue weighted by Crippen LogP contribution is 2.21. The van der Waals surface area contributed by atoms with E-state index in [2.05, 4.69) is 12.7 Å². The van der Waals surface area contributed by atoms with Crippen LogP contribution >= 0.6 is 0 Å². The molecule has 0 aromatic rings. The van der Waals surface area contributed by atoms with Gasteiger partial charge in [-0.15, -0.1) is 6.58 Å². The van der Waals surface area contributed by atoms with E-state index in [0.717, 1.165) is 6.42 Å². The SMILES string of the molecule is C=CC(CC=C(C)C)C(C)CC(=O)O. The van der Waals surface area contributed by atoms with Gasteiger partial charge in [-0.3, -0.25) is 4.79 Å². The molecule has 14 heavy (non-hydrogen) atoms. The Morgan fingerprint density at radius 3 is 2.43 bits per heavy atom. The summed E-state index contributed by atoms with van der Waals surface area (Å²) in [6, 6.07) is 0. The lowest BCUT2D eigenvalue weighted by Crippen LogP contribution is -2.13. The maximum Gasteiger partial charge on any atom is 0.303 e. The first-order chi connectivity index (χ1) is 6.47. The van der Waals surface area contributed by atoms with Crippen molar-refractivity contribution in [3.05, 3.63) is 24.3 Å². The van der Waals surface area contributed by atoms with Crippen molar-refractivity contribution in [3.63, 3.8) is 0 Å². The minimum atomic E-state index is -0.735. The molecule has 0 amide bonds. The molecule has 0 radical (unpaired) electrons. The van der Waals surface area contributed by atoms with E-state index in [1.807, 2.05) is 26.8 Å². The second-order valence-corrected chi connectivity index (χ2v) is 3.99. The Balaban J connectivity index is 4.18. The fraction of sp³-hybridized carbons (Fsp3) is 0.583. The van der Waals surface area contributed by atoms with Crippen LogP contribution in [0.25, 0.3) is 0 Å². The molecule has 1 N–H and O–H groups in total. The molecule has 2 unspecified atom stereocenters. The normalized spacial score (nSPS) is 14.2. The molecular formula is C12H20O2. The molecule has 0 heterocycles. The van der Waals surface area contributed by atoms with Crippen LogP contribution in [0.1, 0.15) is 33.6 Å². The molecule has 2 atom stereocenters. The average Bonchev–Trinajstić information content (AvgIpc) is 2.03. The first-order valence-electron chi connectivity index (χ1n) is 4.95. The minimum Gasteiger partial charge on any atom is -0.481 e. The molecule has 0 aliphatic rings. The maximum absolute atomic E-state index is 10.5. The van der Waals surface area contributed by atoms with Crippen LogP contribution < -0.4 is 0 Å². The van der Waals surface area contributed by atoms with Gasteiger partial charge in [0.05, 0.1) is 0 Å². The van der Waals surface area contributed by atoms with E-state index in [1.165, 1.54) is 5.57 Å². The van der Waals surface area contributed by atoms with Crippen molar-refractivity contribution >= 4 is 5.97 Å². The van der Waals surface area contributed by atoms with Crippen LogP contribution in [-0.4, -0.2) is 11.1 Å². The lowest BCUT2D eigenvalue weighted by molar-refractivity contribution is -0.138. The Morgan fingerprint density at radius 1 is 1.50 bits per heavy atom. The second-order valence-electron chi connectivity index (χ2n) is 3.99. The van der Waals surface area contributed by atoms with E-state index < -0.39 is 5.97 Å². The van der Waals surface area contributed by atoms with Crippen LogP contribution in [0.15, 0.2) is 24.3 Å². The van der Waals surface area contributed by atoms with E-state index in [1.54, 1.807) is 0 Å². The van der Waals surface area contributed by atoms with Crippen molar-refractivity contribution in [1.29, 1.82) is 0 Å². The lowest BCUT2D eigenvalue weighted by Gasteiger charge is -2.17. The monoisotopic (exact) mass is 196 g/mol. The molecule has 2 nitrogen and oxygen atoms in total. The largest absolute Gasteiger partial charge is 0.481 e. The van der Waals surface area contributed by atoms with Gasteiger partial charge in [-0.2, -0.15) is 0 Å². The molecule has 0 spiro atoms. The second kappa shape index (κ2) is 6.41. The predicted octanol–water partition coefficient (Wildman–Crippen LogP) is 3.26. The summed E-state index contributed by atoms with van der Waals surface area (Å²) >= 11 is 0. The number of allylic oxidation sites excluding steroid dienone is 3. The zero-order valence-corrected chi connectivity index (χ0v) is 9.29. The Morgan fingerprint density at radius 2 is 2.07 bits per heavy atom. The first-order valence-corrected chi connectivity index (χ1v) is 4.95. The smallest absolute Gasteiger partial charge is 0.303 e. The van der Waals surface area contributed by atoms with Crippen LogP contribution in [0.3, 0.4) is 0 Å². The Bertz CT molecular complexity index is 224. The van der Waals surface area contributed by atoms with Gasteiger partial charge in [0.15, 0.2) is 0 Å². The average molecular weight is 196 g/mol. The number of rotatable bonds is 6. The van der Waals surface area contributed by atoms with Gasteiger partial charge in [-0.25, -0.2) is 0 Å². The summed E-state index contributed by atoms with van der Waals surface area (Å²) in [5.41, 5.74) is 1.26. The first kappa shape index (κ1) is 12.9. The highest BCUT2D eigenvalue weighted by atomic mass is 16.4. The summed E-state index contributed by atoms with van der Waals surface area (Å²) in [6.45, 7) is 9.79. The highest BCUT2D eigenvalue weighted by molar-refractivity contribution is 5.67. The number of carbonyl (C=O) groups is 1. The van der Waals surface area contributed by atoms with E-state index in [4.69, 9.17) is 5.11 Å². The molecule has 80 valence electrons. The van der Waals surface area contributed by atoms with Gasteiger partial charge in [0.1, 0.15) is 0 Å². The molecule has 0 rings (SSSR count). The van der Waals surface area contributed by atoms with Crippen LogP contribution in [0.5, 0.6) is 0 Å². The molecule has 0 aromatic heterocycles. The third kappa shape index (κ3) is 5.57. The van der Waals surface area contributed by atoms with E-state index in [9.17, 15) is 4.79 Å². The van der Waals surface area contributed by atoms with Crippen molar-refractivity contribution < 1.29 is 9.90 Å². The zero-order chi connectivity index (χ0) is 11.1. The zero-order valence-electron chi connectivity index (χ0n) is 9.29. The third-order valence-corrected chi connectivity index (χ3v) is 2.33. The van der Waals surface area contributed by atoms with E-state index >= 15 is 0 Å². The van der Waals surface area contributed by atoms with Crippen LogP contribution in [-0.2, 0) is 4.79 Å². The Kier molecular flexibility index (Phi) is 5.93.